The van der Waals surface area contributed by atoms with Crippen LogP contribution < -0.4 is 0 Å². The summed E-state index contributed by atoms with van der Waals surface area (Å²) in [5.41, 5.74) is 2.56. The van der Waals surface area contributed by atoms with Crippen molar-refractivity contribution in [1.82, 2.24) is 0 Å². The molecule has 0 aromatic heterocycles. The normalized spacial score (nSPS) is 22.3. The Morgan fingerprint density at radius 2 is 2.00 bits per heavy atom. The first-order chi connectivity index (χ1) is 7.68. The van der Waals surface area contributed by atoms with E-state index in [0.29, 0.717) is 12.0 Å². The molecule has 1 heterocycles. The van der Waals surface area contributed by atoms with Crippen LogP contribution in [0.1, 0.15) is 31.7 Å². The number of nitrogens with zero attached hydrogens (tertiary/aromatic N) is 1. The second-order valence-electron chi connectivity index (χ2n) is 4.27. The maximum atomic E-state index is 4.78. The number of benzene rings is 1. The molecule has 2 heteroatoms. The van der Waals surface area contributed by atoms with Crippen LogP contribution in [0.3, 0.4) is 0 Å². The molecule has 0 fully saturated rings. The van der Waals surface area contributed by atoms with Crippen molar-refractivity contribution >= 4 is 28.3 Å². The van der Waals surface area contributed by atoms with Crippen LogP contribution in [0, 0.1) is 0 Å². The van der Waals surface area contributed by atoms with Crippen LogP contribution in [0.4, 0.5) is 0 Å². The summed E-state index contributed by atoms with van der Waals surface area (Å²) in [6.07, 6.45) is 3.36. The quantitative estimate of drug-likeness (QED) is 0.717. The van der Waals surface area contributed by atoms with Crippen molar-refractivity contribution in [2.45, 2.75) is 32.2 Å². The first-order valence-electron chi connectivity index (χ1n) is 5.64. The Hall–Kier alpha value is -0.640. The van der Waals surface area contributed by atoms with Gasteiger partial charge in [0.2, 0.25) is 0 Å². The van der Waals surface area contributed by atoms with Crippen molar-refractivity contribution < 1.29 is 0 Å². The van der Waals surface area contributed by atoms with E-state index in [-0.39, 0.29) is 0 Å². The topological polar surface area (TPSA) is 12.4 Å². The molecule has 2 unspecified atom stereocenters. The Kier molecular flexibility index (Phi) is 3.79. The van der Waals surface area contributed by atoms with Crippen molar-refractivity contribution in [1.29, 1.82) is 0 Å². The SMILES string of the molecule is CC1=NC(C(C)c2ccccc2)CC=C1I. The molecule has 0 N–H and O–H groups in total. The summed E-state index contributed by atoms with van der Waals surface area (Å²) in [7, 11) is 0. The van der Waals surface area contributed by atoms with Crippen LogP contribution in [-0.2, 0) is 0 Å². The molecule has 1 aliphatic heterocycles. The molecule has 0 saturated carbocycles. The summed E-state index contributed by atoms with van der Waals surface area (Å²) in [5.74, 6) is 0.497. The van der Waals surface area contributed by atoms with Crippen molar-refractivity contribution in [2.75, 3.05) is 0 Å². The first-order valence-corrected chi connectivity index (χ1v) is 6.71. The average molecular weight is 325 g/mol. The molecule has 0 radical (unpaired) electrons. The number of rotatable bonds is 2. The Bertz CT molecular complexity index is 420. The summed E-state index contributed by atoms with van der Waals surface area (Å²) in [5, 5.41) is 0. The van der Waals surface area contributed by atoms with Crippen LogP contribution in [0.5, 0.6) is 0 Å². The highest BCUT2D eigenvalue weighted by atomic mass is 127. The molecule has 1 aromatic carbocycles. The van der Waals surface area contributed by atoms with Crippen molar-refractivity contribution in [2.24, 2.45) is 4.99 Å². The van der Waals surface area contributed by atoms with Crippen molar-refractivity contribution in [3.63, 3.8) is 0 Å². The van der Waals surface area contributed by atoms with Gasteiger partial charge in [-0.3, -0.25) is 4.99 Å². The second kappa shape index (κ2) is 5.13. The first kappa shape index (κ1) is 11.8. The summed E-state index contributed by atoms with van der Waals surface area (Å²) in [6, 6.07) is 11.1. The second-order valence-corrected chi connectivity index (χ2v) is 5.43. The molecule has 16 heavy (non-hydrogen) atoms. The van der Waals surface area contributed by atoms with E-state index in [1.807, 2.05) is 0 Å². The summed E-state index contributed by atoms with van der Waals surface area (Å²) in [6.45, 7) is 4.37. The molecule has 1 aliphatic rings. The zero-order chi connectivity index (χ0) is 11.5. The summed E-state index contributed by atoms with van der Waals surface area (Å²) in [4.78, 5) is 4.78. The van der Waals surface area contributed by atoms with Crippen LogP contribution in [0.25, 0.3) is 0 Å². The van der Waals surface area contributed by atoms with E-state index < -0.39 is 0 Å². The summed E-state index contributed by atoms with van der Waals surface area (Å²) >= 11 is 2.36. The molecule has 1 nitrogen and oxygen atoms in total. The zero-order valence-corrected chi connectivity index (χ0v) is 11.8. The third-order valence-corrected chi connectivity index (χ3v) is 4.37. The monoisotopic (exact) mass is 325 g/mol. The smallest absolute Gasteiger partial charge is 0.0603 e. The molecule has 2 rings (SSSR count). The van der Waals surface area contributed by atoms with Gasteiger partial charge in [0.05, 0.1) is 6.04 Å². The van der Waals surface area contributed by atoms with Gasteiger partial charge < -0.3 is 0 Å². The van der Waals surface area contributed by atoms with E-state index in [4.69, 9.17) is 4.99 Å². The lowest BCUT2D eigenvalue weighted by molar-refractivity contribution is 0.572. The molecule has 0 spiro atoms. The average Bonchev–Trinajstić information content (AvgIpc) is 2.33. The Morgan fingerprint density at radius 1 is 1.31 bits per heavy atom. The van der Waals surface area contributed by atoms with Gasteiger partial charge in [-0.15, -0.1) is 0 Å². The zero-order valence-electron chi connectivity index (χ0n) is 9.65. The molecule has 0 saturated heterocycles. The fourth-order valence-corrected chi connectivity index (χ4v) is 2.42. The highest BCUT2D eigenvalue weighted by Gasteiger charge is 2.20. The van der Waals surface area contributed by atoms with E-state index >= 15 is 0 Å². The van der Waals surface area contributed by atoms with Gasteiger partial charge in [0.25, 0.3) is 0 Å². The number of allylic oxidation sites excluding steroid dienone is 1. The van der Waals surface area contributed by atoms with E-state index in [2.05, 4.69) is 72.8 Å². The fraction of sp³-hybridized carbons (Fsp3) is 0.357. The van der Waals surface area contributed by atoms with Crippen LogP contribution in [0.2, 0.25) is 0 Å². The van der Waals surface area contributed by atoms with Gasteiger partial charge in [0.15, 0.2) is 0 Å². The van der Waals surface area contributed by atoms with Gasteiger partial charge in [-0.1, -0.05) is 43.3 Å². The van der Waals surface area contributed by atoms with Crippen LogP contribution in [0.15, 0.2) is 45.0 Å². The van der Waals surface area contributed by atoms with Gasteiger partial charge in [-0.05, 0) is 41.5 Å². The molecular formula is C14H16IN. The van der Waals surface area contributed by atoms with Crippen LogP contribution >= 0.6 is 22.6 Å². The molecule has 2 atom stereocenters. The highest BCUT2D eigenvalue weighted by Crippen LogP contribution is 2.28. The highest BCUT2D eigenvalue weighted by molar-refractivity contribution is 14.1. The molecule has 84 valence electrons. The van der Waals surface area contributed by atoms with E-state index in [1.165, 1.54) is 14.9 Å². The minimum atomic E-state index is 0.404. The molecule has 0 amide bonds. The lowest BCUT2D eigenvalue weighted by Crippen LogP contribution is -2.18. The third kappa shape index (κ3) is 2.54. The maximum Gasteiger partial charge on any atom is 0.0603 e. The van der Waals surface area contributed by atoms with Gasteiger partial charge in [0.1, 0.15) is 0 Å². The largest absolute Gasteiger partial charge is 0.285 e. The molecule has 0 aliphatic carbocycles. The van der Waals surface area contributed by atoms with Gasteiger partial charge in [-0.2, -0.15) is 0 Å². The van der Waals surface area contributed by atoms with E-state index in [1.54, 1.807) is 0 Å². The predicted octanol–water partition coefficient (Wildman–Crippen LogP) is 4.34. The standard InChI is InChI=1S/C14H16IN/c1-10(12-6-4-3-5-7-12)14-9-8-13(15)11(2)16-14/h3-8,10,14H,9H2,1-2H3. The Balaban J connectivity index is 2.16. The maximum absolute atomic E-state index is 4.78. The van der Waals surface area contributed by atoms with E-state index in [0.717, 1.165) is 6.42 Å². The van der Waals surface area contributed by atoms with Crippen molar-refractivity contribution in [3.05, 3.63) is 45.6 Å². The van der Waals surface area contributed by atoms with Crippen molar-refractivity contribution in [3.8, 4) is 0 Å². The number of dihydropyridines is 1. The number of hydrogen-bond donors (Lipinski definition) is 0. The fourth-order valence-electron chi connectivity index (χ4n) is 2.03. The lowest BCUT2D eigenvalue weighted by atomic mass is 9.90. The molecule has 0 bridgehead atoms. The minimum Gasteiger partial charge on any atom is -0.285 e. The van der Waals surface area contributed by atoms with Gasteiger partial charge >= 0.3 is 0 Å². The molecular weight excluding hydrogens is 309 g/mol. The molecule has 1 aromatic rings. The minimum absolute atomic E-state index is 0.404. The van der Waals surface area contributed by atoms with E-state index in [9.17, 15) is 0 Å². The number of halogens is 1. The number of aliphatic imine (C=N–C) groups is 1. The van der Waals surface area contributed by atoms with Crippen LogP contribution in [-0.4, -0.2) is 11.8 Å². The summed E-state index contributed by atoms with van der Waals surface area (Å²) < 4.78 is 1.30. The number of hydrogen-bond acceptors (Lipinski definition) is 1. The lowest BCUT2D eigenvalue weighted by Gasteiger charge is -2.23. The van der Waals surface area contributed by atoms with Gasteiger partial charge in [0, 0.05) is 15.2 Å². The van der Waals surface area contributed by atoms with Gasteiger partial charge in [-0.25, -0.2) is 0 Å². The Labute approximate surface area is 111 Å². The Morgan fingerprint density at radius 3 is 2.62 bits per heavy atom. The predicted molar refractivity (Wildman–Crippen MR) is 78.5 cm³/mol. The third-order valence-electron chi connectivity index (χ3n) is 3.15.